The Bertz CT molecular complexity index is 2100. The highest BCUT2D eigenvalue weighted by atomic mass is 16.5. The number of aromatic nitrogens is 4. The van der Waals surface area contributed by atoms with Gasteiger partial charge in [-0.15, -0.1) is 0 Å². The van der Waals surface area contributed by atoms with Gasteiger partial charge in [0.1, 0.15) is 40.8 Å². The number of hydrogen-bond donors (Lipinski definition) is 4. The number of ether oxygens (including phenoxy) is 3. The Kier molecular flexibility index (Phi) is 12.8. The summed E-state index contributed by atoms with van der Waals surface area (Å²) in [5, 5.41) is 19.3. The lowest BCUT2D eigenvalue weighted by molar-refractivity contribution is -0.150. The van der Waals surface area contributed by atoms with Crippen molar-refractivity contribution in [1.82, 2.24) is 19.3 Å². The zero-order valence-corrected chi connectivity index (χ0v) is 28.8. The first kappa shape index (κ1) is 38.3. The number of nitrogens with one attached hydrogen (secondary N) is 1. The third kappa shape index (κ3) is 9.79. The summed E-state index contributed by atoms with van der Waals surface area (Å²) in [6, 6.07) is 18.6. The Morgan fingerprint density at radius 3 is 2.19 bits per heavy atom. The van der Waals surface area contributed by atoms with Crippen molar-refractivity contribution in [3.05, 3.63) is 101 Å². The summed E-state index contributed by atoms with van der Waals surface area (Å²) in [6.07, 6.45) is 1.89. The van der Waals surface area contributed by atoms with E-state index in [-0.39, 0.29) is 30.8 Å². The molecule has 5 aromatic rings. The lowest BCUT2D eigenvalue weighted by Crippen LogP contribution is -2.34. The van der Waals surface area contributed by atoms with E-state index in [1.807, 2.05) is 24.3 Å². The number of fused-ring (bicyclic) bond motifs is 1. The van der Waals surface area contributed by atoms with Crippen LogP contribution in [0.15, 0.2) is 83.9 Å². The molecule has 0 saturated heterocycles. The Morgan fingerprint density at radius 1 is 0.923 bits per heavy atom. The quantitative estimate of drug-likeness (QED) is 0.126. The van der Waals surface area contributed by atoms with Gasteiger partial charge in [0.05, 0.1) is 49.6 Å². The minimum Gasteiger partial charge on any atom is -0.497 e. The molecule has 16 heteroatoms. The highest BCUT2D eigenvalue weighted by Gasteiger charge is 2.26. The largest absolute Gasteiger partial charge is 0.497 e. The number of methoxy groups -OCH3 is 1. The Hall–Kier alpha value is -6.55. The second-order valence-corrected chi connectivity index (χ2v) is 11.4. The van der Waals surface area contributed by atoms with Crippen LogP contribution in [-0.2, 0) is 25.7 Å². The standard InChI is InChI=1S/C32H32N6O6.C4H6O4/c1-19(43-32(41)20(2)33)18-37-21(3)29(31(40)38(37)22-8-6-5-7-9-22)30(39)36-28-13-11-24(17-35-28)44-27-14-15-34-26-16-23(42-4)10-12-25(26)27;5-3(6)1-2-4(7)8/h5-17,19-20H,18,33H2,1-4H3,(H,35,36,39);1-2H2,(H,5,6)(H,7,8). The molecule has 0 saturated carbocycles. The molecular weight excluding hydrogens is 676 g/mol. The summed E-state index contributed by atoms with van der Waals surface area (Å²) in [6.45, 7) is 5.00. The average Bonchev–Trinajstić information content (AvgIpc) is 3.36. The van der Waals surface area contributed by atoms with Crippen molar-refractivity contribution < 1.29 is 43.6 Å². The molecule has 0 bridgehead atoms. The van der Waals surface area contributed by atoms with E-state index in [0.717, 1.165) is 5.39 Å². The van der Waals surface area contributed by atoms with Crippen LogP contribution in [0, 0.1) is 6.92 Å². The van der Waals surface area contributed by atoms with E-state index in [1.54, 1.807) is 74.3 Å². The van der Waals surface area contributed by atoms with Crippen LogP contribution in [0.1, 0.15) is 42.7 Å². The molecule has 2 aromatic carbocycles. The maximum Gasteiger partial charge on any atom is 0.322 e. The van der Waals surface area contributed by atoms with Crippen molar-refractivity contribution in [2.75, 3.05) is 12.4 Å². The number of carbonyl (C=O) groups is 4. The van der Waals surface area contributed by atoms with E-state index in [2.05, 4.69) is 15.3 Å². The van der Waals surface area contributed by atoms with E-state index in [1.165, 1.54) is 17.8 Å². The minimum absolute atomic E-state index is 0.0691. The number of amides is 1. The third-order valence-electron chi connectivity index (χ3n) is 7.41. The van der Waals surface area contributed by atoms with Gasteiger partial charge in [-0.1, -0.05) is 18.2 Å². The van der Waals surface area contributed by atoms with Crippen molar-refractivity contribution >= 4 is 40.5 Å². The molecule has 16 nitrogen and oxygen atoms in total. The number of benzene rings is 2. The molecule has 5 N–H and O–H groups in total. The molecule has 3 aromatic heterocycles. The van der Waals surface area contributed by atoms with E-state index in [4.69, 9.17) is 30.2 Å². The number of carbonyl (C=O) groups excluding carboxylic acids is 2. The number of carboxylic acid groups (broad SMARTS) is 2. The van der Waals surface area contributed by atoms with Gasteiger partial charge in [0.2, 0.25) is 0 Å². The SMILES string of the molecule is COc1ccc2c(Oc3ccc(NC(=O)c4c(C)n(CC(C)OC(=O)C(C)N)n(-c5ccccc5)c4=O)nc3)ccnc2c1.O=C(O)CCC(=O)O. The van der Waals surface area contributed by atoms with Gasteiger partial charge >= 0.3 is 17.9 Å². The number of hydrogen-bond acceptors (Lipinski definition) is 11. The highest BCUT2D eigenvalue weighted by Crippen LogP contribution is 2.31. The fraction of sp³-hybridized carbons (Fsp3) is 0.250. The lowest BCUT2D eigenvalue weighted by Gasteiger charge is -2.19. The summed E-state index contributed by atoms with van der Waals surface area (Å²) >= 11 is 0. The van der Waals surface area contributed by atoms with Crippen LogP contribution in [0.5, 0.6) is 17.2 Å². The number of aliphatic carboxylic acids is 2. The van der Waals surface area contributed by atoms with Gasteiger partial charge in [0.15, 0.2) is 0 Å². The smallest absolute Gasteiger partial charge is 0.322 e. The van der Waals surface area contributed by atoms with Crippen LogP contribution in [0.4, 0.5) is 5.82 Å². The molecule has 52 heavy (non-hydrogen) atoms. The van der Waals surface area contributed by atoms with Crippen molar-refractivity contribution in [2.45, 2.75) is 52.3 Å². The molecule has 0 spiro atoms. The molecule has 3 heterocycles. The van der Waals surface area contributed by atoms with Crippen LogP contribution in [0.2, 0.25) is 0 Å². The summed E-state index contributed by atoms with van der Waals surface area (Å²) < 4.78 is 19.7. The van der Waals surface area contributed by atoms with Gasteiger partial charge < -0.3 is 35.5 Å². The van der Waals surface area contributed by atoms with Crippen LogP contribution in [-0.4, -0.2) is 72.6 Å². The molecule has 0 aliphatic heterocycles. The molecule has 272 valence electrons. The van der Waals surface area contributed by atoms with Gasteiger partial charge in [-0.25, -0.2) is 9.67 Å². The molecule has 0 aliphatic rings. The summed E-state index contributed by atoms with van der Waals surface area (Å²) in [7, 11) is 1.59. The van der Waals surface area contributed by atoms with Gasteiger partial charge in [-0.2, -0.15) is 0 Å². The van der Waals surface area contributed by atoms with E-state index in [9.17, 15) is 24.0 Å². The number of anilines is 1. The van der Waals surface area contributed by atoms with Crippen molar-refractivity contribution in [1.29, 1.82) is 0 Å². The van der Waals surface area contributed by atoms with Crippen LogP contribution >= 0.6 is 0 Å². The van der Waals surface area contributed by atoms with Crippen molar-refractivity contribution in [2.24, 2.45) is 5.73 Å². The monoisotopic (exact) mass is 714 g/mol. The van der Waals surface area contributed by atoms with Crippen LogP contribution in [0.3, 0.4) is 0 Å². The molecule has 1 amide bonds. The Morgan fingerprint density at radius 2 is 1.60 bits per heavy atom. The number of rotatable bonds is 13. The number of para-hydroxylation sites is 1. The van der Waals surface area contributed by atoms with Gasteiger partial charge in [-0.3, -0.25) is 33.6 Å². The second kappa shape index (κ2) is 17.4. The maximum absolute atomic E-state index is 13.7. The number of nitrogens with two attached hydrogens (primary N) is 1. The number of pyridine rings is 2. The van der Waals surface area contributed by atoms with E-state index < -0.39 is 41.5 Å². The summed E-state index contributed by atoms with van der Waals surface area (Å²) in [5.74, 6) is -1.42. The first-order valence-corrected chi connectivity index (χ1v) is 15.9. The summed E-state index contributed by atoms with van der Waals surface area (Å²) in [5.41, 5.74) is 6.69. The van der Waals surface area contributed by atoms with Gasteiger partial charge in [0, 0.05) is 17.6 Å². The molecule has 0 aliphatic carbocycles. The van der Waals surface area contributed by atoms with E-state index in [0.29, 0.717) is 34.1 Å². The first-order valence-electron chi connectivity index (χ1n) is 15.9. The molecule has 0 fully saturated rings. The third-order valence-corrected chi connectivity index (χ3v) is 7.41. The Labute approximate surface area is 297 Å². The second-order valence-electron chi connectivity index (χ2n) is 11.4. The predicted molar refractivity (Wildman–Crippen MR) is 189 cm³/mol. The zero-order chi connectivity index (χ0) is 37.9. The number of nitrogens with zero attached hydrogens (tertiary/aromatic N) is 4. The normalized spacial score (nSPS) is 11.8. The number of esters is 1. The van der Waals surface area contributed by atoms with Crippen LogP contribution in [0.25, 0.3) is 16.6 Å². The fourth-order valence-electron chi connectivity index (χ4n) is 4.89. The first-order chi connectivity index (χ1) is 24.8. The highest BCUT2D eigenvalue weighted by molar-refractivity contribution is 6.04. The molecular formula is C36H38N6O10. The summed E-state index contributed by atoms with van der Waals surface area (Å²) in [4.78, 5) is 67.1. The zero-order valence-electron chi connectivity index (χ0n) is 28.8. The van der Waals surface area contributed by atoms with E-state index >= 15 is 0 Å². The molecule has 2 unspecified atom stereocenters. The van der Waals surface area contributed by atoms with Gasteiger partial charge in [0.25, 0.3) is 11.5 Å². The fourth-order valence-corrected chi connectivity index (χ4v) is 4.89. The van der Waals surface area contributed by atoms with Gasteiger partial charge in [-0.05, 0) is 63.2 Å². The van der Waals surface area contributed by atoms with Crippen molar-refractivity contribution in [3.63, 3.8) is 0 Å². The van der Waals surface area contributed by atoms with Crippen LogP contribution < -0.4 is 26.1 Å². The minimum atomic E-state index is -1.08. The predicted octanol–water partition coefficient (Wildman–Crippen LogP) is 4.16. The maximum atomic E-state index is 13.7. The number of carboxylic acids is 2. The topological polar surface area (TPSA) is 227 Å². The molecule has 0 radical (unpaired) electrons. The molecule has 5 rings (SSSR count). The molecule has 2 atom stereocenters. The average molecular weight is 715 g/mol. The van der Waals surface area contributed by atoms with Crippen molar-refractivity contribution in [3.8, 4) is 22.9 Å². The Balaban J connectivity index is 0.000000677. The lowest BCUT2D eigenvalue weighted by atomic mass is 10.2.